The number of rotatable bonds is 8. The van der Waals surface area contributed by atoms with Crippen LogP contribution in [0.5, 0.6) is 0 Å². The molecule has 1 amide bonds. The number of hydrogen-bond acceptors (Lipinski definition) is 5. The first kappa shape index (κ1) is 23.9. The summed E-state index contributed by atoms with van der Waals surface area (Å²) in [5.41, 5.74) is 5.72. The number of ether oxygens (including phenoxy) is 1. The molecule has 3 N–H and O–H groups in total. The van der Waals surface area contributed by atoms with E-state index >= 15 is 0 Å². The fourth-order valence-electron chi connectivity index (χ4n) is 2.35. The molecule has 0 fully saturated rings. The summed E-state index contributed by atoms with van der Waals surface area (Å²) in [6.45, 7) is 2.32. The SMILES string of the molecule is CC(Sc1ccccc1)C(O)CSc1ccccc1.NC(=O)OCc1ccccc1. The molecule has 2 atom stereocenters. The van der Waals surface area contributed by atoms with E-state index in [2.05, 4.69) is 35.9 Å². The van der Waals surface area contributed by atoms with Gasteiger partial charge in [0.05, 0.1) is 6.10 Å². The predicted molar refractivity (Wildman–Crippen MR) is 126 cm³/mol. The van der Waals surface area contributed by atoms with Crippen LogP contribution in [0.15, 0.2) is 101 Å². The number of thioether (sulfide) groups is 2. The van der Waals surface area contributed by atoms with E-state index in [0.717, 1.165) is 11.3 Å². The molecule has 158 valence electrons. The van der Waals surface area contributed by atoms with E-state index in [9.17, 15) is 9.90 Å². The maximum absolute atomic E-state index is 10.2. The number of carbonyl (C=O) groups is 1. The lowest BCUT2D eigenvalue weighted by atomic mass is 10.2. The molecular weight excluding hydrogens is 414 g/mol. The number of amides is 1. The predicted octanol–water partition coefficient (Wildman–Crippen LogP) is 5.60. The molecule has 0 saturated heterocycles. The number of aliphatic hydroxyl groups is 1. The van der Waals surface area contributed by atoms with Gasteiger partial charge in [0.2, 0.25) is 0 Å². The van der Waals surface area contributed by atoms with Gasteiger partial charge in [0.25, 0.3) is 0 Å². The van der Waals surface area contributed by atoms with Gasteiger partial charge in [-0.2, -0.15) is 0 Å². The van der Waals surface area contributed by atoms with Gasteiger partial charge in [-0.25, -0.2) is 4.79 Å². The van der Waals surface area contributed by atoms with Gasteiger partial charge in [-0.15, -0.1) is 23.5 Å². The average Bonchev–Trinajstić information content (AvgIpc) is 2.78. The van der Waals surface area contributed by atoms with Gasteiger partial charge in [-0.3, -0.25) is 0 Å². The van der Waals surface area contributed by atoms with E-state index in [0.29, 0.717) is 0 Å². The molecule has 3 rings (SSSR count). The van der Waals surface area contributed by atoms with Crippen LogP contribution in [0.25, 0.3) is 0 Å². The highest BCUT2D eigenvalue weighted by Gasteiger charge is 2.15. The van der Waals surface area contributed by atoms with Gasteiger partial charge in [-0.05, 0) is 29.8 Å². The molecule has 30 heavy (non-hydrogen) atoms. The molecule has 3 aromatic carbocycles. The molecule has 6 heteroatoms. The fourth-order valence-corrected chi connectivity index (χ4v) is 4.47. The van der Waals surface area contributed by atoms with E-state index in [1.165, 1.54) is 9.79 Å². The molecule has 0 aromatic heterocycles. The number of benzene rings is 3. The Balaban J connectivity index is 0.000000248. The molecule has 4 nitrogen and oxygen atoms in total. The van der Waals surface area contributed by atoms with E-state index in [1.54, 1.807) is 23.5 Å². The Morgan fingerprint density at radius 1 is 0.900 bits per heavy atom. The minimum Gasteiger partial charge on any atom is -0.445 e. The van der Waals surface area contributed by atoms with Crippen LogP contribution in [0.1, 0.15) is 12.5 Å². The lowest BCUT2D eigenvalue weighted by Gasteiger charge is -2.18. The van der Waals surface area contributed by atoms with Crippen molar-refractivity contribution in [3.63, 3.8) is 0 Å². The van der Waals surface area contributed by atoms with E-state index in [-0.39, 0.29) is 18.0 Å². The van der Waals surface area contributed by atoms with Crippen molar-refractivity contribution in [2.75, 3.05) is 5.75 Å². The first-order valence-electron chi connectivity index (χ1n) is 9.58. The summed E-state index contributed by atoms with van der Waals surface area (Å²) >= 11 is 3.43. The third kappa shape index (κ3) is 9.87. The molecule has 0 saturated carbocycles. The Morgan fingerprint density at radius 3 is 1.93 bits per heavy atom. The molecular formula is C24H27NO3S2. The Bertz CT molecular complexity index is 848. The third-order valence-electron chi connectivity index (χ3n) is 3.99. The molecule has 0 spiro atoms. The van der Waals surface area contributed by atoms with Crippen molar-refractivity contribution in [2.24, 2.45) is 5.73 Å². The van der Waals surface area contributed by atoms with Crippen molar-refractivity contribution in [3.8, 4) is 0 Å². The molecule has 2 unspecified atom stereocenters. The highest BCUT2D eigenvalue weighted by Crippen LogP contribution is 2.27. The second-order valence-corrected chi connectivity index (χ2v) is 8.96. The maximum Gasteiger partial charge on any atom is 0.404 e. The van der Waals surface area contributed by atoms with Crippen LogP contribution in [0.3, 0.4) is 0 Å². The summed E-state index contributed by atoms with van der Waals surface area (Å²) in [4.78, 5) is 12.6. The summed E-state index contributed by atoms with van der Waals surface area (Å²) in [5, 5.41) is 10.4. The lowest BCUT2D eigenvalue weighted by Crippen LogP contribution is -2.22. The largest absolute Gasteiger partial charge is 0.445 e. The van der Waals surface area contributed by atoms with Crippen LogP contribution in [0.4, 0.5) is 4.79 Å². The second kappa shape index (κ2) is 13.7. The van der Waals surface area contributed by atoms with Crippen LogP contribution in [-0.4, -0.2) is 28.3 Å². The number of primary amides is 1. The quantitative estimate of drug-likeness (QED) is 0.445. The van der Waals surface area contributed by atoms with Crippen molar-refractivity contribution < 1.29 is 14.6 Å². The monoisotopic (exact) mass is 441 g/mol. The van der Waals surface area contributed by atoms with Gasteiger partial charge >= 0.3 is 6.09 Å². The van der Waals surface area contributed by atoms with Crippen molar-refractivity contribution in [3.05, 3.63) is 96.6 Å². The Hall–Kier alpha value is -2.41. The van der Waals surface area contributed by atoms with Gasteiger partial charge in [0, 0.05) is 20.8 Å². The van der Waals surface area contributed by atoms with Crippen LogP contribution in [0, 0.1) is 0 Å². The number of aliphatic hydroxyl groups excluding tert-OH is 1. The second-order valence-electron chi connectivity index (χ2n) is 6.42. The Labute approximate surface area is 186 Å². The highest BCUT2D eigenvalue weighted by atomic mass is 32.2. The molecule has 0 radical (unpaired) electrons. The van der Waals surface area contributed by atoms with Crippen LogP contribution in [-0.2, 0) is 11.3 Å². The smallest absolute Gasteiger partial charge is 0.404 e. The maximum atomic E-state index is 10.2. The number of nitrogens with two attached hydrogens (primary N) is 1. The van der Waals surface area contributed by atoms with Gasteiger partial charge in [-0.1, -0.05) is 73.7 Å². The molecule has 0 aliphatic carbocycles. The lowest BCUT2D eigenvalue weighted by molar-refractivity contribution is 0.150. The first-order chi connectivity index (χ1) is 14.5. The fraction of sp³-hybridized carbons (Fsp3) is 0.208. The summed E-state index contributed by atoms with van der Waals surface area (Å²) in [6, 6.07) is 29.8. The van der Waals surface area contributed by atoms with Gasteiger partial charge in [0.15, 0.2) is 0 Å². The normalized spacial score (nSPS) is 12.2. The zero-order valence-corrected chi connectivity index (χ0v) is 18.5. The first-order valence-corrected chi connectivity index (χ1v) is 11.4. The average molecular weight is 442 g/mol. The van der Waals surface area contributed by atoms with Crippen LogP contribution < -0.4 is 5.73 Å². The molecule has 3 aromatic rings. The van der Waals surface area contributed by atoms with Crippen LogP contribution >= 0.6 is 23.5 Å². The highest BCUT2D eigenvalue weighted by molar-refractivity contribution is 8.00. The summed E-state index contributed by atoms with van der Waals surface area (Å²) in [5.74, 6) is 0.727. The number of carbonyl (C=O) groups excluding carboxylic acids is 1. The number of hydrogen-bond donors (Lipinski definition) is 2. The topological polar surface area (TPSA) is 72.5 Å². The zero-order valence-electron chi connectivity index (χ0n) is 16.9. The Morgan fingerprint density at radius 2 is 1.40 bits per heavy atom. The van der Waals surface area contributed by atoms with Crippen LogP contribution in [0.2, 0.25) is 0 Å². The van der Waals surface area contributed by atoms with E-state index in [1.807, 2.05) is 66.7 Å². The summed E-state index contributed by atoms with van der Waals surface area (Å²) in [6.07, 6.45) is -1.05. The van der Waals surface area contributed by atoms with Gasteiger partial charge in [0.1, 0.15) is 6.61 Å². The zero-order chi connectivity index (χ0) is 21.6. The van der Waals surface area contributed by atoms with Crippen molar-refractivity contribution in [1.82, 2.24) is 0 Å². The van der Waals surface area contributed by atoms with E-state index in [4.69, 9.17) is 5.73 Å². The van der Waals surface area contributed by atoms with Gasteiger partial charge < -0.3 is 15.6 Å². The minimum absolute atomic E-state index is 0.193. The van der Waals surface area contributed by atoms with Crippen molar-refractivity contribution in [2.45, 2.75) is 34.7 Å². The molecule has 0 heterocycles. The molecule has 0 aliphatic heterocycles. The summed E-state index contributed by atoms with van der Waals surface area (Å²) in [7, 11) is 0. The van der Waals surface area contributed by atoms with E-state index < -0.39 is 6.09 Å². The Kier molecular flexibility index (Phi) is 10.9. The van der Waals surface area contributed by atoms with Crippen molar-refractivity contribution >= 4 is 29.6 Å². The molecule has 0 bridgehead atoms. The summed E-state index contributed by atoms with van der Waals surface area (Å²) < 4.78 is 4.57. The molecule has 0 aliphatic rings. The minimum atomic E-state index is -0.742. The standard InChI is InChI=1S/C16H18OS2.C8H9NO2/c1-13(19-15-10-6-3-7-11-15)16(17)12-18-14-8-4-2-5-9-14;9-8(10)11-6-7-4-2-1-3-5-7/h2-11,13,16-17H,12H2,1H3;1-5H,6H2,(H2,9,10). The van der Waals surface area contributed by atoms with Crippen molar-refractivity contribution in [1.29, 1.82) is 0 Å². The third-order valence-corrected chi connectivity index (χ3v) is 6.34.